The third-order valence-corrected chi connectivity index (χ3v) is 5.88. The fourth-order valence-corrected chi connectivity index (χ4v) is 3.10. The molecule has 0 unspecified atom stereocenters. The summed E-state index contributed by atoms with van der Waals surface area (Å²) in [6.45, 7) is 2.40. The number of benzene rings is 2. The Bertz CT molecular complexity index is 1020. The third kappa shape index (κ3) is 4.11. The van der Waals surface area contributed by atoms with Crippen LogP contribution in [0.5, 0.6) is 0 Å². The summed E-state index contributed by atoms with van der Waals surface area (Å²) in [7, 11) is -3.38. The van der Waals surface area contributed by atoms with E-state index in [1.165, 1.54) is 6.92 Å². The summed E-state index contributed by atoms with van der Waals surface area (Å²) >= 11 is 0. The van der Waals surface area contributed by atoms with E-state index >= 15 is 0 Å². The average molecular weight is 371 g/mol. The molecule has 0 spiro atoms. The molecule has 0 aliphatic rings. The summed E-state index contributed by atoms with van der Waals surface area (Å²) in [4.78, 5) is 16.2. The molecular weight excluding hydrogens is 350 g/mol. The highest BCUT2D eigenvalue weighted by Gasteiger charge is 2.22. The van der Waals surface area contributed by atoms with E-state index in [1.54, 1.807) is 0 Å². The van der Waals surface area contributed by atoms with E-state index in [2.05, 4.69) is 14.9 Å². The molecule has 26 heavy (non-hydrogen) atoms. The molecule has 2 aromatic carbocycles. The molecule has 7 heteroatoms. The van der Waals surface area contributed by atoms with Gasteiger partial charge in [-0.2, -0.15) is 0 Å². The van der Waals surface area contributed by atoms with Crippen LogP contribution in [0, 0.1) is 0 Å². The summed E-state index contributed by atoms with van der Waals surface area (Å²) in [5.41, 5.74) is 4.08. The highest BCUT2D eigenvalue weighted by molar-refractivity contribution is 7.92. The number of rotatable bonds is 6. The third-order valence-electron chi connectivity index (χ3n) is 4.38. The van der Waals surface area contributed by atoms with Gasteiger partial charge in [-0.05, 0) is 30.2 Å². The topological polar surface area (TPSA) is 81.1 Å². The zero-order chi connectivity index (χ0) is 18.7. The van der Waals surface area contributed by atoms with Gasteiger partial charge in [0.05, 0.1) is 17.4 Å². The Balaban J connectivity index is 1.63. The predicted octanol–water partition coefficient (Wildman–Crippen LogP) is 2.13. The first kappa shape index (κ1) is 18.1. The summed E-state index contributed by atoms with van der Waals surface area (Å²) in [6.07, 6.45) is 2.89. The number of hydrogen-bond acceptors (Lipinski definition) is 4. The van der Waals surface area contributed by atoms with Gasteiger partial charge in [0.15, 0.2) is 9.84 Å². The van der Waals surface area contributed by atoms with Crippen LogP contribution in [0.25, 0.3) is 11.0 Å². The molecule has 1 heterocycles. The number of amides is 1. The fourth-order valence-electron chi connectivity index (χ4n) is 2.62. The van der Waals surface area contributed by atoms with Crippen molar-refractivity contribution in [3.8, 4) is 0 Å². The van der Waals surface area contributed by atoms with E-state index in [0.717, 1.165) is 28.4 Å². The Kier molecular flexibility index (Phi) is 5.08. The first-order valence-corrected chi connectivity index (χ1v) is 10.2. The van der Waals surface area contributed by atoms with Crippen LogP contribution in [0.3, 0.4) is 0 Å². The summed E-state index contributed by atoms with van der Waals surface area (Å²) in [6, 6.07) is 15.8. The SMILES string of the molecule is C[C@H](C(=O)NCc1ccc(Cn2cnc3ccccc32)cc1)S(C)(=O)=O. The standard InChI is InChI=1S/C19H21N3O3S/c1-14(26(2,24)25)19(23)20-11-15-7-9-16(10-8-15)12-22-13-21-17-5-3-4-6-18(17)22/h3-10,13-14H,11-12H2,1-2H3,(H,20,23)/t14-/m1/s1. The second-order valence-corrected chi connectivity index (χ2v) is 8.73. The number of imidazole rings is 1. The van der Waals surface area contributed by atoms with Crippen molar-refractivity contribution in [3.63, 3.8) is 0 Å². The van der Waals surface area contributed by atoms with Gasteiger partial charge in [0.2, 0.25) is 5.91 Å². The van der Waals surface area contributed by atoms with Crippen molar-refractivity contribution < 1.29 is 13.2 Å². The van der Waals surface area contributed by atoms with Crippen LogP contribution in [0.15, 0.2) is 54.9 Å². The molecule has 0 radical (unpaired) electrons. The summed E-state index contributed by atoms with van der Waals surface area (Å²) in [5, 5.41) is 1.62. The Labute approximate surface area is 152 Å². The zero-order valence-electron chi connectivity index (χ0n) is 14.7. The van der Waals surface area contributed by atoms with Crippen molar-refractivity contribution in [3.05, 3.63) is 66.0 Å². The Hall–Kier alpha value is -2.67. The van der Waals surface area contributed by atoms with Crippen molar-refractivity contribution in [2.45, 2.75) is 25.3 Å². The molecule has 0 aliphatic heterocycles. The van der Waals surface area contributed by atoms with Gasteiger partial charge >= 0.3 is 0 Å². The lowest BCUT2D eigenvalue weighted by molar-refractivity contribution is -0.120. The van der Waals surface area contributed by atoms with E-state index in [1.807, 2.05) is 54.9 Å². The minimum Gasteiger partial charge on any atom is -0.351 e. The van der Waals surface area contributed by atoms with Crippen LogP contribution in [-0.4, -0.2) is 35.4 Å². The van der Waals surface area contributed by atoms with Gasteiger partial charge in [0, 0.05) is 19.3 Å². The van der Waals surface area contributed by atoms with Gasteiger partial charge in [-0.3, -0.25) is 4.79 Å². The van der Waals surface area contributed by atoms with Crippen molar-refractivity contribution in [2.75, 3.05) is 6.26 Å². The smallest absolute Gasteiger partial charge is 0.238 e. The fraction of sp³-hybridized carbons (Fsp3) is 0.263. The van der Waals surface area contributed by atoms with Gasteiger partial charge < -0.3 is 9.88 Å². The number of hydrogen-bond donors (Lipinski definition) is 1. The number of sulfone groups is 1. The van der Waals surface area contributed by atoms with Gasteiger partial charge in [0.25, 0.3) is 0 Å². The number of nitrogens with zero attached hydrogens (tertiary/aromatic N) is 2. The molecule has 3 aromatic rings. The molecular formula is C19H21N3O3S. The normalized spacial score (nSPS) is 12.8. The molecule has 1 N–H and O–H groups in total. The van der Waals surface area contributed by atoms with Crippen LogP contribution in [-0.2, 0) is 27.7 Å². The van der Waals surface area contributed by atoms with E-state index in [4.69, 9.17) is 0 Å². The maximum atomic E-state index is 11.9. The van der Waals surface area contributed by atoms with Crippen molar-refractivity contribution >= 4 is 26.8 Å². The van der Waals surface area contributed by atoms with E-state index < -0.39 is 21.0 Å². The van der Waals surface area contributed by atoms with E-state index in [-0.39, 0.29) is 0 Å². The van der Waals surface area contributed by atoms with Crippen LogP contribution in [0.1, 0.15) is 18.1 Å². The number of nitrogens with one attached hydrogen (secondary N) is 1. The second kappa shape index (κ2) is 7.29. The van der Waals surface area contributed by atoms with Gasteiger partial charge in [0.1, 0.15) is 5.25 Å². The summed E-state index contributed by atoms with van der Waals surface area (Å²) in [5.74, 6) is -0.485. The zero-order valence-corrected chi connectivity index (χ0v) is 15.5. The Morgan fingerprint density at radius 3 is 2.46 bits per heavy atom. The van der Waals surface area contributed by atoms with E-state index in [9.17, 15) is 13.2 Å². The average Bonchev–Trinajstić information content (AvgIpc) is 3.02. The van der Waals surface area contributed by atoms with Crippen LogP contribution in [0.2, 0.25) is 0 Å². The van der Waals surface area contributed by atoms with Gasteiger partial charge in [-0.15, -0.1) is 0 Å². The minimum atomic E-state index is -3.38. The first-order chi connectivity index (χ1) is 12.3. The number of carbonyl (C=O) groups is 1. The van der Waals surface area contributed by atoms with Crippen molar-refractivity contribution in [2.24, 2.45) is 0 Å². The number of para-hydroxylation sites is 2. The summed E-state index contributed by atoms with van der Waals surface area (Å²) < 4.78 is 24.9. The molecule has 6 nitrogen and oxygen atoms in total. The van der Waals surface area contributed by atoms with Crippen LogP contribution < -0.4 is 5.32 Å². The lowest BCUT2D eigenvalue weighted by Crippen LogP contribution is -2.36. The monoisotopic (exact) mass is 371 g/mol. The second-order valence-electron chi connectivity index (χ2n) is 6.37. The van der Waals surface area contributed by atoms with Crippen LogP contribution in [0.4, 0.5) is 0 Å². The van der Waals surface area contributed by atoms with Crippen LogP contribution >= 0.6 is 0 Å². The Morgan fingerprint density at radius 2 is 1.77 bits per heavy atom. The highest BCUT2D eigenvalue weighted by Crippen LogP contribution is 2.14. The molecule has 0 saturated heterocycles. The lowest BCUT2D eigenvalue weighted by atomic mass is 10.1. The van der Waals surface area contributed by atoms with Crippen molar-refractivity contribution in [1.29, 1.82) is 0 Å². The maximum absolute atomic E-state index is 11.9. The molecule has 0 saturated carbocycles. The quantitative estimate of drug-likeness (QED) is 0.720. The lowest BCUT2D eigenvalue weighted by Gasteiger charge is -2.11. The molecule has 1 amide bonds. The number of carbonyl (C=O) groups excluding carboxylic acids is 1. The molecule has 0 fully saturated rings. The van der Waals surface area contributed by atoms with Gasteiger partial charge in [-0.25, -0.2) is 13.4 Å². The number of aromatic nitrogens is 2. The van der Waals surface area contributed by atoms with E-state index in [0.29, 0.717) is 13.1 Å². The molecule has 0 bridgehead atoms. The Morgan fingerprint density at radius 1 is 1.12 bits per heavy atom. The highest BCUT2D eigenvalue weighted by atomic mass is 32.2. The molecule has 136 valence electrons. The predicted molar refractivity (Wildman–Crippen MR) is 101 cm³/mol. The van der Waals surface area contributed by atoms with Crippen molar-refractivity contribution in [1.82, 2.24) is 14.9 Å². The van der Waals surface area contributed by atoms with Gasteiger partial charge in [-0.1, -0.05) is 36.4 Å². The maximum Gasteiger partial charge on any atom is 0.238 e. The largest absolute Gasteiger partial charge is 0.351 e. The molecule has 0 aliphatic carbocycles. The molecule has 1 atom stereocenters. The number of fused-ring (bicyclic) bond motifs is 1. The molecule has 3 rings (SSSR count). The molecule has 1 aromatic heterocycles. The minimum absolute atomic E-state index is 0.299. The first-order valence-electron chi connectivity index (χ1n) is 8.29.